The summed E-state index contributed by atoms with van der Waals surface area (Å²) in [4.78, 5) is 14.6. The van der Waals surface area contributed by atoms with Gasteiger partial charge in [-0.1, -0.05) is 12.1 Å². The van der Waals surface area contributed by atoms with Gasteiger partial charge in [-0.05, 0) is 24.6 Å². The largest absolute Gasteiger partial charge is 0.467 e. The minimum atomic E-state index is -0.853. The van der Waals surface area contributed by atoms with Crippen molar-refractivity contribution in [2.75, 3.05) is 13.2 Å². The third-order valence-corrected chi connectivity index (χ3v) is 5.16. The van der Waals surface area contributed by atoms with Crippen LogP contribution in [0.2, 0.25) is 0 Å². The van der Waals surface area contributed by atoms with Gasteiger partial charge in [-0.15, -0.1) is 0 Å². The lowest BCUT2D eigenvalue weighted by Gasteiger charge is -2.22. The molecule has 1 aromatic heterocycles. The second-order valence-electron chi connectivity index (χ2n) is 6.74. The van der Waals surface area contributed by atoms with E-state index in [9.17, 15) is 13.6 Å². The van der Waals surface area contributed by atoms with Crippen molar-refractivity contribution in [3.8, 4) is 0 Å². The monoisotopic (exact) mass is 362 g/mol. The number of furan rings is 1. The van der Waals surface area contributed by atoms with E-state index >= 15 is 0 Å². The van der Waals surface area contributed by atoms with Gasteiger partial charge in [0.1, 0.15) is 5.76 Å². The molecule has 26 heavy (non-hydrogen) atoms. The van der Waals surface area contributed by atoms with Gasteiger partial charge in [0.05, 0.1) is 24.8 Å². The number of likely N-dealkylation sites (tertiary alicyclic amines) is 1. The van der Waals surface area contributed by atoms with Crippen molar-refractivity contribution in [3.63, 3.8) is 0 Å². The first-order valence-corrected chi connectivity index (χ1v) is 8.72. The first kappa shape index (κ1) is 17.2. The average Bonchev–Trinajstić information content (AvgIpc) is 3.36. The highest BCUT2D eigenvalue weighted by molar-refractivity contribution is 5.80. The first-order chi connectivity index (χ1) is 12.6. The van der Waals surface area contributed by atoms with Gasteiger partial charge in [0.2, 0.25) is 5.91 Å². The molecule has 1 aromatic carbocycles. The predicted molar refractivity (Wildman–Crippen MR) is 89.0 cm³/mol. The van der Waals surface area contributed by atoms with Crippen LogP contribution in [0.25, 0.3) is 0 Å². The van der Waals surface area contributed by atoms with E-state index < -0.39 is 11.6 Å². The summed E-state index contributed by atoms with van der Waals surface area (Å²) in [5, 5.41) is 2.87. The topological polar surface area (TPSA) is 54.7 Å². The normalized spacial score (nSPS) is 25.4. The maximum Gasteiger partial charge on any atom is 0.227 e. The Balaban J connectivity index is 1.45. The van der Waals surface area contributed by atoms with Crippen LogP contribution in [0.1, 0.15) is 17.7 Å². The molecule has 2 aliphatic heterocycles. The maximum atomic E-state index is 14.0. The smallest absolute Gasteiger partial charge is 0.227 e. The summed E-state index contributed by atoms with van der Waals surface area (Å²) in [5.74, 6) is -1.45. The van der Waals surface area contributed by atoms with Gasteiger partial charge < -0.3 is 14.5 Å². The quantitative estimate of drug-likeness (QED) is 0.888. The number of ether oxygens (including phenoxy) is 1. The van der Waals surface area contributed by atoms with Crippen molar-refractivity contribution in [2.24, 2.45) is 5.92 Å². The van der Waals surface area contributed by atoms with E-state index in [4.69, 9.17) is 9.15 Å². The van der Waals surface area contributed by atoms with Gasteiger partial charge in [0.15, 0.2) is 11.6 Å². The van der Waals surface area contributed by atoms with Crippen LogP contribution < -0.4 is 5.32 Å². The highest BCUT2D eigenvalue weighted by atomic mass is 19.2. The molecular formula is C19H20F2N2O3. The summed E-state index contributed by atoms with van der Waals surface area (Å²) in [5.41, 5.74) is 0.298. The molecule has 5 nitrogen and oxygen atoms in total. The minimum absolute atomic E-state index is 0.0389. The van der Waals surface area contributed by atoms with Gasteiger partial charge in [0.25, 0.3) is 0 Å². The number of nitrogens with zero attached hydrogens (tertiary/aromatic N) is 1. The number of benzene rings is 1. The zero-order valence-corrected chi connectivity index (χ0v) is 14.2. The molecule has 3 heterocycles. The molecular weight excluding hydrogens is 342 g/mol. The van der Waals surface area contributed by atoms with Gasteiger partial charge in [-0.25, -0.2) is 8.78 Å². The number of nitrogens with one attached hydrogen (secondary N) is 1. The molecule has 138 valence electrons. The Morgan fingerprint density at radius 3 is 2.96 bits per heavy atom. The van der Waals surface area contributed by atoms with Crippen molar-refractivity contribution < 1.29 is 22.7 Å². The van der Waals surface area contributed by atoms with E-state index in [-0.39, 0.29) is 30.5 Å². The molecule has 0 bridgehead atoms. The molecule has 4 rings (SSSR count). The van der Waals surface area contributed by atoms with Crippen LogP contribution in [-0.2, 0) is 22.6 Å². The first-order valence-electron chi connectivity index (χ1n) is 8.72. The van der Waals surface area contributed by atoms with Gasteiger partial charge >= 0.3 is 0 Å². The molecule has 1 amide bonds. The summed E-state index contributed by atoms with van der Waals surface area (Å²) in [7, 11) is 0. The molecule has 0 saturated carbocycles. The standard InChI is InChI=1S/C19H20F2N2O3/c20-15-5-1-3-12(17(15)21)10-23-11-14(18-16(23)6-8-26-18)19(24)22-9-13-4-2-7-25-13/h1-5,7,14,16,18H,6,8-11H2,(H,22,24)/t14-,16+,18+/m1/s1. The fraction of sp³-hybridized carbons (Fsp3) is 0.421. The molecule has 2 fully saturated rings. The summed E-state index contributed by atoms with van der Waals surface area (Å²) in [6, 6.07) is 7.78. The highest BCUT2D eigenvalue weighted by Crippen LogP contribution is 2.35. The lowest BCUT2D eigenvalue weighted by atomic mass is 10.0. The van der Waals surface area contributed by atoms with E-state index in [1.807, 2.05) is 4.90 Å². The van der Waals surface area contributed by atoms with E-state index in [0.717, 1.165) is 12.5 Å². The van der Waals surface area contributed by atoms with Gasteiger partial charge in [-0.3, -0.25) is 9.69 Å². The number of hydrogen-bond donors (Lipinski definition) is 1. The second-order valence-corrected chi connectivity index (χ2v) is 6.74. The molecule has 7 heteroatoms. The van der Waals surface area contributed by atoms with E-state index in [1.165, 1.54) is 6.07 Å². The van der Waals surface area contributed by atoms with Crippen LogP contribution in [0.3, 0.4) is 0 Å². The number of fused-ring (bicyclic) bond motifs is 1. The number of carbonyl (C=O) groups is 1. The van der Waals surface area contributed by atoms with Gasteiger partial charge in [0, 0.05) is 31.3 Å². The Morgan fingerprint density at radius 2 is 2.15 bits per heavy atom. The molecule has 0 radical (unpaired) electrons. The molecule has 0 unspecified atom stereocenters. The van der Waals surface area contributed by atoms with Gasteiger partial charge in [-0.2, -0.15) is 0 Å². The van der Waals surface area contributed by atoms with Crippen molar-refractivity contribution >= 4 is 5.91 Å². The average molecular weight is 362 g/mol. The second kappa shape index (κ2) is 7.17. The van der Waals surface area contributed by atoms with Crippen LogP contribution in [-0.4, -0.2) is 36.1 Å². The minimum Gasteiger partial charge on any atom is -0.467 e. The lowest BCUT2D eigenvalue weighted by Crippen LogP contribution is -2.37. The lowest BCUT2D eigenvalue weighted by molar-refractivity contribution is -0.127. The van der Waals surface area contributed by atoms with Crippen LogP contribution in [0, 0.1) is 17.6 Å². The van der Waals surface area contributed by atoms with Crippen LogP contribution in [0.15, 0.2) is 41.0 Å². The molecule has 2 aliphatic rings. The molecule has 1 N–H and O–H groups in total. The molecule has 0 aliphatic carbocycles. The molecule has 3 atom stereocenters. The number of rotatable bonds is 5. The zero-order chi connectivity index (χ0) is 18.1. The summed E-state index contributed by atoms with van der Waals surface area (Å²) in [6.45, 7) is 1.60. The van der Waals surface area contributed by atoms with Crippen LogP contribution in [0.5, 0.6) is 0 Å². The van der Waals surface area contributed by atoms with Crippen molar-refractivity contribution in [2.45, 2.75) is 31.7 Å². The Bertz CT molecular complexity index is 781. The number of carbonyl (C=O) groups excluding carboxylic acids is 1. The fourth-order valence-corrected chi connectivity index (χ4v) is 3.89. The highest BCUT2D eigenvalue weighted by Gasteiger charge is 2.48. The van der Waals surface area contributed by atoms with Crippen LogP contribution in [0.4, 0.5) is 8.78 Å². The number of halogens is 2. The Hall–Kier alpha value is -2.25. The zero-order valence-electron chi connectivity index (χ0n) is 14.2. The van der Waals surface area contributed by atoms with Crippen molar-refractivity contribution in [1.82, 2.24) is 10.2 Å². The summed E-state index contributed by atoms with van der Waals surface area (Å²) < 4.78 is 38.5. The molecule has 0 spiro atoms. The van der Waals surface area contributed by atoms with E-state index in [0.29, 0.717) is 31.0 Å². The van der Waals surface area contributed by atoms with E-state index in [2.05, 4.69) is 5.32 Å². The maximum absolute atomic E-state index is 14.0. The predicted octanol–water partition coefficient (Wildman–Crippen LogP) is 2.46. The number of hydrogen-bond acceptors (Lipinski definition) is 4. The summed E-state index contributed by atoms with van der Waals surface area (Å²) >= 11 is 0. The number of amides is 1. The van der Waals surface area contributed by atoms with Crippen molar-refractivity contribution in [1.29, 1.82) is 0 Å². The molecule has 2 aromatic rings. The Morgan fingerprint density at radius 1 is 1.27 bits per heavy atom. The Labute approximate surface area is 149 Å². The fourth-order valence-electron chi connectivity index (χ4n) is 3.89. The van der Waals surface area contributed by atoms with Crippen LogP contribution >= 0.6 is 0 Å². The van der Waals surface area contributed by atoms with E-state index in [1.54, 1.807) is 24.5 Å². The summed E-state index contributed by atoms with van der Waals surface area (Å²) in [6.07, 6.45) is 2.12. The molecule has 2 saturated heterocycles. The third-order valence-electron chi connectivity index (χ3n) is 5.16. The SMILES string of the molecule is O=C(NCc1ccco1)[C@@H]1CN(Cc2cccc(F)c2F)[C@H]2CCO[C@@H]12. The van der Waals surface area contributed by atoms with Crippen molar-refractivity contribution in [3.05, 3.63) is 59.6 Å². The third kappa shape index (κ3) is 3.24. The Kier molecular flexibility index (Phi) is 4.74.